The second-order valence-electron chi connectivity index (χ2n) is 5.18. The van der Waals surface area contributed by atoms with E-state index in [2.05, 4.69) is 17.2 Å². The molecule has 0 unspecified atom stereocenters. The molecule has 3 N–H and O–H groups in total. The van der Waals surface area contributed by atoms with Crippen molar-refractivity contribution in [3.05, 3.63) is 24.0 Å². The molecule has 0 amide bonds. The summed E-state index contributed by atoms with van der Waals surface area (Å²) in [6.45, 7) is 3.27. The quantitative estimate of drug-likeness (QED) is 0.802. The minimum atomic E-state index is 0.357. The van der Waals surface area contributed by atoms with E-state index in [1.54, 1.807) is 6.20 Å². The summed E-state index contributed by atoms with van der Waals surface area (Å²) in [6.07, 6.45) is 8.29. The molecule has 1 aromatic heterocycles. The first-order chi connectivity index (χ1) is 8.67. The third-order valence-electron chi connectivity index (χ3n) is 4.11. The lowest BCUT2D eigenvalue weighted by Gasteiger charge is -2.28. The Kier molecular flexibility index (Phi) is 4.17. The van der Waals surface area contributed by atoms with Crippen LogP contribution >= 0.6 is 12.2 Å². The van der Waals surface area contributed by atoms with Crippen LogP contribution in [0.4, 0.5) is 5.69 Å². The number of thiocarbonyl (C=S) groups is 1. The Labute approximate surface area is 114 Å². The highest BCUT2D eigenvalue weighted by molar-refractivity contribution is 7.80. The van der Waals surface area contributed by atoms with Crippen LogP contribution in [0.3, 0.4) is 0 Å². The Balaban J connectivity index is 2.08. The van der Waals surface area contributed by atoms with Crippen molar-refractivity contribution in [3.63, 3.8) is 0 Å². The average molecular weight is 263 g/mol. The topological polar surface area (TPSA) is 50.9 Å². The van der Waals surface area contributed by atoms with Crippen LogP contribution in [0.25, 0.3) is 0 Å². The van der Waals surface area contributed by atoms with Crippen LogP contribution in [0.1, 0.15) is 44.7 Å². The lowest BCUT2D eigenvalue weighted by molar-refractivity contribution is 0.307. The number of hydrogen-bond acceptors (Lipinski definition) is 3. The summed E-state index contributed by atoms with van der Waals surface area (Å²) in [5, 5.41) is 3.50. The molecule has 4 heteroatoms. The molecule has 0 aromatic carbocycles. The van der Waals surface area contributed by atoms with E-state index >= 15 is 0 Å². The number of nitrogens with zero attached hydrogens (tertiary/aromatic N) is 1. The molecule has 3 nitrogen and oxygen atoms in total. The highest BCUT2D eigenvalue weighted by Crippen LogP contribution is 2.41. The molecule has 18 heavy (non-hydrogen) atoms. The molecule has 1 aliphatic rings. The van der Waals surface area contributed by atoms with Crippen LogP contribution < -0.4 is 11.1 Å². The number of rotatable bonds is 5. The predicted molar refractivity (Wildman–Crippen MR) is 79.8 cm³/mol. The lowest BCUT2D eigenvalue weighted by Crippen LogP contribution is -2.27. The smallest absolute Gasteiger partial charge is 0.124 e. The second-order valence-corrected chi connectivity index (χ2v) is 5.62. The fraction of sp³-hybridized carbons (Fsp3) is 0.571. The predicted octanol–water partition coefficient (Wildman–Crippen LogP) is 3.10. The summed E-state index contributed by atoms with van der Waals surface area (Å²) >= 11 is 5.03. The van der Waals surface area contributed by atoms with Crippen molar-refractivity contribution in [2.45, 2.75) is 39.0 Å². The molecule has 1 aromatic rings. The summed E-state index contributed by atoms with van der Waals surface area (Å²) in [7, 11) is 0. The molecule has 98 valence electrons. The van der Waals surface area contributed by atoms with Crippen molar-refractivity contribution in [1.82, 2.24) is 4.98 Å². The van der Waals surface area contributed by atoms with Gasteiger partial charge in [0.25, 0.3) is 0 Å². The molecule has 0 radical (unpaired) electrons. The Morgan fingerprint density at radius 2 is 2.22 bits per heavy atom. The van der Waals surface area contributed by atoms with Gasteiger partial charge in [-0.15, -0.1) is 0 Å². The Morgan fingerprint density at radius 3 is 2.83 bits per heavy atom. The molecule has 0 atom stereocenters. The van der Waals surface area contributed by atoms with Crippen LogP contribution in [0.2, 0.25) is 0 Å². The summed E-state index contributed by atoms with van der Waals surface area (Å²) in [5.41, 5.74) is 7.81. The third kappa shape index (κ3) is 2.80. The maximum atomic E-state index is 5.69. The molecule has 1 aliphatic carbocycles. The fourth-order valence-electron chi connectivity index (χ4n) is 2.81. The first kappa shape index (κ1) is 13.3. The van der Waals surface area contributed by atoms with Crippen LogP contribution in [-0.2, 0) is 0 Å². The highest BCUT2D eigenvalue weighted by atomic mass is 32.1. The van der Waals surface area contributed by atoms with Crippen molar-refractivity contribution < 1.29 is 0 Å². The van der Waals surface area contributed by atoms with Crippen molar-refractivity contribution in [2.24, 2.45) is 11.1 Å². The van der Waals surface area contributed by atoms with Gasteiger partial charge in [0.2, 0.25) is 0 Å². The van der Waals surface area contributed by atoms with Crippen LogP contribution in [0.5, 0.6) is 0 Å². The van der Waals surface area contributed by atoms with Crippen molar-refractivity contribution in [3.8, 4) is 0 Å². The van der Waals surface area contributed by atoms with Gasteiger partial charge in [0.05, 0.1) is 5.69 Å². The van der Waals surface area contributed by atoms with Crippen molar-refractivity contribution in [1.29, 1.82) is 0 Å². The zero-order chi connectivity index (χ0) is 13.0. The molecule has 0 aliphatic heterocycles. The summed E-state index contributed by atoms with van der Waals surface area (Å²) < 4.78 is 0. The first-order valence-corrected chi connectivity index (χ1v) is 7.06. The Bertz CT molecular complexity index is 425. The van der Waals surface area contributed by atoms with Crippen LogP contribution in [-0.4, -0.2) is 16.5 Å². The monoisotopic (exact) mass is 263 g/mol. The van der Waals surface area contributed by atoms with Gasteiger partial charge in [-0.3, -0.25) is 4.98 Å². The number of hydrogen-bond donors (Lipinski definition) is 2. The van der Waals surface area contributed by atoms with Crippen LogP contribution in [0, 0.1) is 5.41 Å². The molecule has 1 saturated carbocycles. The number of pyridine rings is 1. The van der Waals surface area contributed by atoms with Gasteiger partial charge in [-0.25, -0.2) is 0 Å². The molecule has 1 fully saturated rings. The Morgan fingerprint density at radius 1 is 1.50 bits per heavy atom. The summed E-state index contributed by atoms with van der Waals surface area (Å²) in [4.78, 5) is 4.60. The molecule has 0 spiro atoms. The van der Waals surface area contributed by atoms with Crippen LogP contribution in [0.15, 0.2) is 18.3 Å². The van der Waals surface area contributed by atoms with Gasteiger partial charge in [0.15, 0.2) is 0 Å². The van der Waals surface area contributed by atoms with E-state index in [-0.39, 0.29) is 0 Å². The van der Waals surface area contributed by atoms with Gasteiger partial charge in [0, 0.05) is 12.7 Å². The number of aromatic nitrogens is 1. The van der Waals surface area contributed by atoms with E-state index in [0.717, 1.165) is 12.2 Å². The Hall–Kier alpha value is -1.16. The lowest BCUT2D eigenvalue weighted by atomic mass is 9.83. The first-order valence-electron chi connectivity index (χ1n) is 6.65. The maximum absolute atomic E-state index is 5.69. The maximum Gasteiger partial charge on any atom is 0.124 e. The minimum absolute atomic E-state index is 0.357. The number of nitrogens with one attached hydrogen (secondary N) is 1. The number of anilines is 1. The molecule has 0 saturated heterocycles. The van der Waals surface area contributed by atoms with Gasteiger partial charge in [-0.1, -0.05) is 32.0 Å². The summed E-state index contributed by atoms with van der Waals surface area (Å²) in [6, 6.07) is 3.91. The minimum Gasteiger partial charge on any atom is -0.388 e. The van der Waals surface area contributed by atoms with Gasteiger partial charge in [-0.05, 0) is 36.8 Å². The van der Waals surface area contributed by atoms with Gasteiger partial charge in [0.1, 0.15) is 10.7 Å². The van der Waals surface area contributed by atoms with E-state index < -0.39 is 0 Å². The molecule has 2 rings (SSSR count). The summed E-state index contributed by atoms with van der Waals surface area (Å²) in [5.74, 6) is 0. The normalized spacial score (nSPS) is 17.6. The zero-order valence-electron chi connectivity index (χ0n) is 10.9. The number of nitrogens with two attached hydrogens (primary N) is 1. The van der Waals surface area contributed by atoms with E-state index in [0.29, 0.717) is 16.1 Å². The van der Waals surface area contributed by atoms with Gasteiger partial charge >= 0.3 is 0 Å². The third-order valence-corrected chi connectivity index (χ3v) is 4.30. The average Bonchev–Trinajstić information content (AvgIpc) is 2.86. The van der Waals surface area contributed by atoms with Gasteiger partial charge in [-0.2, -0.15) is 0 Å². The van der Waals surface area contributed by atoms with E-state index in [1.807, 2.05) is 12.1 Å². The van der Waals surface area contributed by atoms with Crippen molar-refractivity contribution in [2.75, 3.05) is 11.9 Å². The second kappa shape index (κ2) is 5.65. The molecule has 0 bridgehead atoms. The molecular formula is C14H21N3S. The fourth-order valence-corrected chi connectivity index (χ4v) is 2.97. The van der Waals surface area contributed by atoms with Crippen molar-refractivity contribution >= 4 is 22.9 Å². The molecule has 1 heterocycles. The largest absolute Gasteiger partial charge is 0.388 e. The molecular weight excluding hydrogens is 242 g/mol. The standard InChI is InChI=1S/C14H21N3S/c1-2-14(7-3-4-8-14)10-17-11-6-5-9-16-12(11)13(15)18/h5-6,9,17H,2-4,7-8,10H2,1H3,(H2,15,18). The van der Waals surface area contributed by atoms with E-state index in [1.165, 1.54) is 32.1 Å². The SMILES string of the molecule is CCC1(CNc2cccnc2C(N)=S)CCCC1. The van der Waals surface area contributed by atoms with Gasteiger partial charge < -0.3 is 11.1 Å². The zero-order valence-corrected chi connectivity index (χ0v) is 11.7. The highest BCUT2D eigenvalue weighted by Gasteiger charge is 2.31. The van der Waals surface area contributed by atoms with E-state index in [4.69, 9.17) is 18.0 Å². The van der Waals surface area contributed by atoms with E-state index in [9.17, 15) is 0 Å².